The smallest absolute Gasteiger partial charge is 0.230 e. The van der Waals surface area contributed by atoms with Crippen molar-refractivity contribution in [1.29, 1.82) is 0 Å². The minimum absolute atomic E-state index is 0.0648. The molecule has 8 heteroatoms. The van der Waals surface area contributed by atoms with Crippen LogP contribution < -0.4 is 10.2 Å². The third-order valence-electron chi connectivity index (χ3n) is 5.89. The van der Waals surface area contributed by atoms with Gasteiger partial charge in [0, 0.05) is 19.1 Å². The lowest BCUT2D eigenvalue weighted by Crippen LogP contribution is -2.38. The molecule has 1 aliphatic heterocycles. The molecule has 1 atom stereocenters. The van der Waals surface area contributed by atoms with Crippen LogP contribution in [0.25, 0.3) is 0 Å². The zero-order valence-electron chi connectivity index (χ0n) is 16.5. The van der Waals surface area contributed by atoms with E-state index in [9.17, 15) is 4.79 Å². The van der Waals surface area contributed by atoms with Gasteiger partial charge in [-0.15, -0.1) is 10.2 Å². The Balaban J connectivity index is 1.24. The van der Waals surface area contributed by atoms with Crippen LogP contribution in [0.5, 0.6) is 0 Å². The number of fused-ring (bicyclic) bond motifs is 1. The third kappa shape index (κ3) is 4.14. The standard InChI is InChI=1S/C21H27N5O2S/c27-19(22-18-7-3-5-15-4-1-2-6-17(15)18)14-29-21-24-23-20(26(21)16-8-9-16)25-10-12-28-13-11-25/h1-2,4,6,16,18H,3,5,7-14H2,(H,22,27). The van der Waals surface area contributed by atoms with E-state index in [0.29, 0.717) is 11.8 Å². The van der Waals surface area contributed by atoms with Crippen molar-refractivity contribution in [2.24, 2.45) is 0 Å². The van der Waals surface area contributed by atoms with Gasteiger partial charge in [0.25, 0.3) is 0 Å². The first-order valence-electron chi connectivity index (χ1n) is 10.6. The molecule has 1 aromatic heterocycles. The van der Waals surface area contributed by atoms with Crippen LogP contribution in [0.15, 0.2) is 29.4 Å². The van der Waals surface area contributed by atoms with Gasteiger partial charge >= 0.3 is 0 Å². The summed E-state index contributed by atoms with van der Waals surface area (Å²) in [5.41, 5.74) is 2.63. The van der Waals surface area contributed by atoms with Crippen molar-refractivity contribution < 1.29 is 9.53 Å². The van der Waals surface area contributed by atoms with Crippen LogP contribution in [0.1, 0.15) is 48.9 Å². The Hall–Kier alpha value is -2.06. The number of morpholine rings is 1. The average Bonchev–Trinajstić information content (AvgIpc) is 3.52. The van der Waals surface area contributed by atoms with Gasteiger partial charge in [0.15, 0.2) is 5.16 Å². The predicted molar refractivity (Wildman–Crippen MR) is 112 cm³/mol. The second-order valence-electron chi connectivity index (χ2n) is 7.98. The molecule has 1 aromatic carbocycles. The molecule has 1 saturated carbocycles. The van der Waals surface area contributed by atoms with Crippen LogP contribution in [0.3, 0.4) is 0 Å². The molecular formula is C21H27N5O2S. The van der Waals surface area contributed by atoms with Gasteiger partial charge in [0.2, 0.25) is 11.9 Å². The number of hydrogen-bond donors (Lipinski definition) is 1. The topological polar surface area (TPSA) is 72.3 Å². The monoisotopic (exact) mass is 413 g/mol. The fraction of sp³-hybridized carbons (Fsp3) is 0.571. The molecule has 154 valence electrons. The quantitative estimate of drug-likeness (QED) is 0.734. The number of ether oxygens (including phenoxy) is 1. The number of carbonyl (C=O) groups excluding carboxylic acids is 1. The molecule has 5 rings (SSSR count). The number of thioether (sulfide) groups is 1. The number of hydrogen-bond acceptors (Lipinski definition) is 6. The SMILES string of the molecule is O=C(CSc1nnc(N2CCOCC2)n1C1CC1)NC1CCCc2ccccc21. The zero-order chi connectivity index (χ0) is 19.6. The highest BCUT2D eigenvalue weighted by Gasteiger charge is 2.32. The number of amides is 1. The number of nitrogens with zero attached hydrogens (tertiary/aromatic N) is 4. The summed E-state index contributed by atoms with van der Waals surface area (Å²) >= 11 is 1.50. The van der Waals surface area contributed by atoms with Crippen LogP contribution in [-0.4, -0.2) is 52.7 Å². The maximum Gasteiger partial charge on any atom is 0.230 e. The summed E-state index contributed by atoms with van der Waals surface area (Å²) in [6.45, 7) is 3.14. The van der Waals surface area contributed by atoms with Crippen LogP contribution in [0.2, 0.25) is 0 Å². The van der Waals surface area contributed by atoms with Gasteiger partial charge in [-0.05, 0) is 43.2 Å². The number of rotatable bonds is 6. The molecule has 1 unspecified atom stereocenters. The van der Waals surface area contributed by atoms with Gasteiger partial charge in [0.05, 0.1) is 25.0 Å². The molecule has 7 nitrogen and oxygen atoms in total. The molecule has 1 saturated heterocycles. The van der Waals surface area contributed by atoms with E-state index in [1.165, 1.54) is 22.9 Å². The summed E-state index contributed by atoms with van der Waals surface area (Å²) in [6.07, 6.45) is 5.55. The van der Waals surface area contributed by atoms with E-state index in [0.717, 1.165) is 69.5 Å². The Morgan fingerprint density at radius 3 is 2.83 bits per heavy atom. The summed E-state index contributed by atoms with van der Waals surface area (Å²) in [7, 11) is 0. The van der Waals surface area contributed by atoms with Crippen molar-refractivity contribution in [3.8, 4) is 0 Å². The summed E-state index contributed by atoms with van der Waals surface area (Å²) in [6, 6.07) is 9.05. The molecule has 3 aliphatic rings. The fourth-order valence-electron chi connectivity index (χ4n) is 4.27. The van der Waals surface area contributed by atoms with E-state index in [1.54, 1.807) is 0 Å². The lowest BCUT2D eigenvalue weighted by molar-refractivity contribution is -0.119. The lowest BCUT2D eigenvalue weighted by atomic mass is 9.88. The maximum atomic E-state index is 12.7. The molecule has 0 spiro atoms. The first-order chi connectivity index (χ1) is 14.3. The largest absolute Gasteiger partial charge is 0.378 e. The van der Waals surface area contributed by atoms with Crippen LogP contribution in [0.4, 0.5) is 5.95 Å². The van der Waals surface area contributed by atoms with Crippen LogP contribution >= 0.6 is 11.8 Å². The van der Waals surface area contributed by atoms with E-state index in [1.807, 2.05) is 0 Å². The van der Waals surface area contributed by atoms with E-state index in [4.69, 9.17) is 4.74 Å². The van der Waals surface area contributed by atoms with Gasteiger partial charge < -0.3 is 15.0 Å². The second kappa shape index (κ2) is 8.36. The minimum atomic E-state index is 0.0648. The molecule has 0 radical (unpaired) electrons. The molecule has 2 fully saturated rings. The van der Waals surface area contributed by atoms with Crippen molar-refractivity contribution >= 4 is 23.6 Å². The fourth-order valence-corrected chi connectivity index (χ4v) is 5.08. The Kier molecular flexibility index (Phi) is 5.46. The van der Waals surface area contributed by atoms with E-state index < -0.39 is 0 Å². The van der Waals surface area contributed by atoms with Crippen LogP contribution in [0, 0.1) is 0 Å². The Bertz CT molecular complexity index is 876. The van der Waals surface area contributed by atoms with Crippen molar-refractivity contribution in [3.05, 3.63) is 35.4 Å². The third-order valence-corrected chi connectivity index (χ3v) is 6.83. The molecule has 2 aliphatic carbocycles. The molecule has 0 bridgehead atoms. The second-order valence-corrected chi connectivity index (χ2v) is 8.93. The van der Waals surface area contributed by atoms with Crippen molar-refractivity contribution in [2.75, 3.05) is 37.0 Å². The first-order valence-corrected chi connectivity index (χ1v) is 11.6. The number of nitrogens with one attached hydrogen (secondary N) is 1. The molecule has 2 aromatic rings. The zero-order valence-corrected chi connectivity index (χ0v) is 17.4. The van der Waals surface area contributed by atoms with Gasteiger partial charge in [-0.25, -0.2) is 0 Å². The molecule has 29 heavy (non-hydrogen) atoms. The van der Waals surface area contributed by atoms with Crippen molar-refractivity contribution in [1.82, 2.24) is 20.1 Å². The summed E-state index contributed by atoms with van der Waals surface area (Å²) < 4.78 is 7.70. The highest BCUT2D eigenvalue weighted by atomic mass is 32.2. The first kappa shape index (κ1) is 18.9. The Morgan fingerprint density at radius 1 is 1.17 bits per heavy atom. The maximum absolute atomic E-state index is 12.7. The van der Waals surface area contributed by atoms with E-state index >= 15 is 0 Å². The molecule has 1 amide bonds. The van der Waals surface area contributed by atoms with Crippen molar-refractivity contribution in [2.45, 2.75) is 49.3 Å². The number of anilines is 1. The van der Waals surface area contributed by atoms with E-state index in [-0.39, 0.29) is 11.9 Å². The Labute approximate surface area is 175 Å². The average molecular weight is 414 g/mol. The highest BCUT2D eigenvalue weighted by Crippen LogP contribution is 2.41. The summed E-state index contributed by atoms with van der Waals surface area (Å²) in [5, 5.41) is 13.0. The lowest BCUT2D eigenvalue weighted by Gasteiger charge is -2.28. The van der Waals surface area contributed by atoms with E-state index in [2.05, 4.69) is 49.2 Å². The normalized spacial score (nSPS) is 21.7. The summed E-state index contributed by atoms with van der Waals surface area (Å²) in [4.78, 5) is 14.9. The highest BCUT2D eigenvalue weighted by molar-refractivity contribution is 7.99. The number of carbonyl (C=O) groups is 1. The van der Waals surface area contributed by atoms with Gasteiger partial charge in [0.1, 0.15) is 0 Å². The van der Waals surface area contributed by atoms with Crippen LogP contribution in [-0.2, 0) is 16.0 Å². The minimum Gasteiger partial charge on any atom is -0.378 e. The van der Waals surface area contributed by atoms with Gasteiger partial charge in [-0.2, -0.15) is 0 Å². The number of aromatic nitrogens is 3. The van der Waals surface area contributed by atoms with Gasteiger partial charge in [-0.1, -0.05) is 36.0 Å². The Morgan fingerprint density at radius 2 is 2.00 bits per heavy atom. The molecule has 2 heterocycles. The molecular weight excluding hydrogens is 386 g/mol. The van der Waals surface area contributed by atoms with Crippen molar-refractivity contribution in [3.63, 3.8) is 0 Å². The van der Waals surface area contributed by atoms with Gasteiger partial charge in [-0.3, -0.25) is 9.36 Å². The summed E-state index contributed by atoms with van der Waals surface area (Å²) in [5.74, 6) is 1.36. The molecule has 1 N–H and O–H groups in total. The number of aryl methyl sites for hydroxylation is 1. The predicted octanol–water partition coefficient (Wildman–Crippen LogP) is 2.74. The number of benzene rings is 1.